The van der Waals surface area contributed by atoms with Crippen LogP contribution in [-0.2, 0) is 0 Å². The third kappa shape index (κ3) is 1.13. The number of rotatable bonds is 0. The maximum absolute atomic E-state index is 9.08. The molecule has 1 rings (SSSR count). The highest BCUT2D eigenvalue weighted by molar-refractivity contribution is 5.18. The van der Waals surface area contributed by atoms with Gasteiger partial charge in [0.15, 0.2) is 0 Å². The minimum absolute atomic E-state index is 0.0370. The fourth-order valence-corrected chi connectivity index (χ4v) is 0.803. The zero-order chi connectivity index (χ0) is 6.85. The minimum atomic E-state index is -0.699. The first-order valence-corrected chi connectivity index (χ1v) is 2.97. The Balaban J connectivity index is 2.73. The van der Waals surface area contributed by atoms with Crippen molar-refractivity contribution >= 4 is 0 Å². The summed E-state index contributed by atoms with van der Waals surface area (Å²) in [7, 11) is 0. The number of aliphatic hydroxyl groups is 2. The van der Waals surface area contributed by atoms with E-state index < -0.39 is 6.10 Å². The maximum atomic E-state index is 9.08. The maximum Gasteiger partial charge on any atom is 0.121 e. The number of allylic oxidation sites excluding steroid dienone is 2. The van der Waals surface area contributed by atoms with Gasteiger partial charge >= 0.3 is 0 Å². The average Bonchev–Trinajstić information content (AvgIpc) is 1.83. The molecule has 0 aromatic carbocycles. The first-order valence-electron chi connectivity index (χ1n) is 2.97. The van der Waals surface area contributed by atoms with Crippen molar-refractivity contribution in [3.63, 3.8) is 0 Å². The summed E-state index contributed by atoms with van der Waals surface area (Å²) in [6.07, 6.45) is 4.40. The monoisotopic (exact) mass is 126 g/mol. The van der Waals surface area contributed by atoms with Gasteiger partial charge in [-0.05, 0) is 6.08 Å². The van der Waals surface area contributed by atoms with Gasteiger partial charge in [0.2, 0.25) is 0 Å². The van der Waals surface area contributed by atoms with Crippen LogP contribution >= 0.6 is 0 Å². The van der Waals surface area contributed by atoms with E-state index in [2.05, 4.69) is 0 Å². The van der Waals surface area contributed by atoms with Crippen molar-refractivity contribution in [3.8, 4) is 0 Å². The molecule has 1 aliphatic carbocycles. The molecule has 0 aromatic heterocycles. The molecule has 2 heteroatoms. The minimum Gasteiger partial charge on any atom is -0.510 e. The van der Waals surface area contributed by atoms with Crippen LogP contribution in [0.2, 0.25) is 0 Å². The van der Waals surface area contributed by atoms with Gasteiger partial charge in [-0.2, -0.15) is 0 Å². The van der Waals surface area contributed by atoms with Crippen molar-refractivity contribution in [3.05, 3.63) is 24.0 Å². The lowest BCUT2D eigenvalue weighted by Crippen LogP contribution is -2.20. The fourth-order valence-electron chi connectivity index (χ4n) is 0.803. The standard InChI is InChI=1S/C7H10O2/c1-5-3-2-4-6(8)7(5)9/h2-5,7-9H,1H3. The molecular formula is C7H10O2. The van der Waals surface area contributed by atoms with Gasteiger partial charge in [0.1, 0.15) is 11.9 Å². The van der Waals surface area contributed by atoms with Crippen molar-refractivity contribution in [1.29, 1.82) is 0 Å². The molecule has 0 amide bonds. The van der Waals surface area contributed by atoms with Crippen LogP contribution in [0.4, 0.5) is 0 Å². The second-order valence-corrected chi connectivity index (χ2v) is 2.28. The van der Waals surface area contributed by atoms with Crippen LogP contribution in [0.25, 0.3) is 0 Å². The van der Waals surface area contributed by atoms with E-state index in [4.69, 9.17) is 10.2 Å². The van der Waals surface area contributed by atoms with E-state index in [1.165, 1.54) is 6.08 Å². The van der Waals surface area contributed by atoms with E-state index in [1.807, 2.05) is 13.0 Å². The second-order valence-electron chi connectivity index (χ2n) is 2.28. The van der Waals surface area contributed by atoms with E-state index in [-0.39, 0.29) is 11.7 Å². The van der Waals surface area contributed by atoms with E-state index >= 15 is 0 Å². The molecule has 2 unspecified atom stereocenters. The van der Waals surface area contributed by atoms with Crippen LogP contribution in [0.15, 0.2) is 24.0 Å². The molecule has 0 bridgehead atoms. The Morgan fingerprint density at radius 1 is 1.56 bits per heavy atom. The summed E-state index contributed by atoms with van der Waals surface area (Å²) < 4.78 is 0. The molecule has 0 aromatic rings. The average molecular weight is 126 g/mol. The van der Waals surface area contributed by atoms with Gasteiger partial charge in [0, 0.05) is 5.92 Å². The van der Waals surface area contributed by atoms with Gasteiger partial charge in [0.25, 0.3) is 0 Å². The molecule has 0 saturated heterocycles. The Labute approximate surface area is 54.1 Å². The Hall–Kier alpha value is -0.760. The third-order valence-corrected chi connectivity index (χ3v) is 1.48. The molecule has 0 radical (unpaired) electrons. The molecule has 9 heavy (non-hydrogen) atoms. The second kappa shape index (κ2) is 2.23. The summed E-state index contributed by atoms with van der Waals surface area (Å²) in [6, 6.07) is 0. The van der Waals surface area contributed by atoms with Gasteiger partial charge in [-0.15, -0.1) is 0 Å². The van der Waals surface area contributed by atoms with Crippen LogP contribution in [0.3, 0.4) is 0 Å². The van der Waals surface area contributed by atoms with E-state index in [0.717, 1.165) is 0 Å². The SMILES string of the molecule is CC1C=CC=C(O)C1O. The molecule has 2 nitrogen and oxygen atoms in total. The molecule has 0 saturated carbocycles. The van der Waals surface area contributed by atoms with Gasteiger partial charge in [-0.25, -0.2) is 0 Å². The summed E-state index contributed by atoms with van der Waals surface area (Å²) in [6.45, 7) is 1.85. The normalized spacial score (nSPS) is 34.2. The quantitative estimate of drug-likeness (QED) is 0.508. The summed E-state index contributed by atoms with van der Waals surface area (Å²) in [5.74, 6) is 0.0972. The summed E-state index contributed by atoms with van der Waals surface area (Å²) >= 11 is 0. The van der Waals surface area contributed by atoms with Gasteiger partial charge in [-0.3, -0.25) is 0 Å². The van der Waals surface area contributed by atoms with E-state index in [1.54, 1.807) is 6.08 Å². The predicted octanol–water partition coefficient (Wildman–Crippen LogP) is 0.995. The molecule has 50 valence electrons. The highest BCUT2D eigenvalue weighted by Crippen LogP contribution is 2.15. The Bertz CT molecular complexity index is 158. The largest absolute Gasteiger partial charge is 0.510 e. The molecule has 0 heterocycles. The predicted molar refractivity (Wildman–Crippen MR) is 35.0 cm³/mol. The number of hydrogen-bond acceptors (Lipinski definition) is 2. The Morgan fingerprint density at radius 2 is 2.22 bits per heavy atom. The first-order chi connectivity index (χ1) is 4.22. The van der Waals surface area contributed by atoms with Crippen molar-refractivity contribution in [2.24, 2.45) is 5.92 Å². The molecule has 0 spiro atoms. The smallest absolute Gasteiger partial charge is 0.121 e. The lowest BCUT2D eigenvalue weighted by molar-refractivity contribution is 0.120. The van der Waals surface area contributed by atoms with Crippen LogP contribution in [0.1, 0.15) is 6.92 Å². The van der Waals surface area contributed by atoms with Gasteiger partial charge in [-0.1, -0.05) is 19.1 Å². The molecule has 2 atom stereocenters. The van der Waals surface area contributed by atoms with Crippen LogP contribution in [-0.4, -0.2) is 16.3 Å². The van der Waals surface area contributed by atoms with E-state index in [9.17, 15) is 0 Å². The first kappa shape index (κ1) is 6.36. The number of aliphatic hydroxyl groups excluding tert-OH is 2. The zero-order valence-electron chi connectivity index (χ0n) is 5.28. The molecule has 0 aliphatic heterocycles. The van der Waals surface area contributed by atoms with Gasteiger partial charge < -0.3 is 10.2 Å². The summed E-state index contributed by atoms with van der Waals surface area (Å²) in [4.78, 5) is 0. The van der Waals surface area contributed by atoms with Crippen LogP contribution < -0.4 is 0 Å². The third-order valence-electron chi connectivity index (χ3n) is 1.48. The van der Waals surface area contributed by atoms with Crippen molar-refractivity contribution in [1.82, 2.24) is 0 Å². The van der Waals surface area contributed by atoms with Crippen LogP contribution in [0.5, 0.6) is 0 Å². The fraction of sp³-hybridized carbons (Fsp3) is 0.429. The van der Waals surface area contributed by atoms with Crippen molar-refractivity contribution < 1.29 is 10.2 Å². The van der Waals surface area contributed by atoms with Crippen molar-refractivity contribution in [2.45, 2.75) is 13.0 Å². The highest BCUT2D eigenvalue weighted by atomic mass is 16.3. The number of hydrogen-bond donors (Lipinski definition) is 2. The Morgan fingerprint density at radius 3 is 2.67 bits per heavy atom. The van der Waals surface area contributed by atoms with E-state index in [0.29, 0.717) is 0 Å². The lowest BCUT2D eigenvalue weighted by Gasteiger charge is -2.16. The molecule has 2 N–H and O–H groups in total. The summed E-state index contributed by atoms with van der Waals surface area (Å²) in [5.41, 5.74) is 0. The lowest BCUT2D eigenvalue weighted by atomic mass is 9.99. The topological polar surface area (TPSA) is 40.5 Å². The Kier molecular flexibility index (Phi) is 1.58. The summed E-state index contributed by atoms with van der Waals surface area (Å²) in [5, 5.41) is 18.0. The van der Waals surface area contributed by atoms with Crippen molar-refractivity contribution in [2.75, 3.05) is 0 Å². The highest BCUT2D eigenvalue weighted by Gasteiger charge is 2.17. The van der Waals surface area contributed by atoms with Gasteiger partial charge in [0.05, 0.1) is 0 Å². The molecule has 1 aliphatic rings. The molecule has 0 fully saturated rings. The molecular weight excluding hydrogens is 116 g/mol. The van der Waals surface area contributed by atoms with Crippen LogP contribution in [0, 0.1) is 5.92 Å². The zero-order valence-corrected chi connectivity index (χ0v) is 5.28.